The largest absolute Gasteiger partial charge is 0.497 e. The Morgan fingerprint density at radius 3 is 2.58 bits per heavy atom. The van der Waals surface area contributed by atoms with Gasteiger partial charge in [0.05, 0.1) is 19.1 Å². The number of aromatic carboxylic acids is 1. The van der Waals surface area contributed by atoms with Gasteiger partial charge in [-0.2, -0.15) is 0 Å². The van der Waals surface area contributed by atoms with E-state index in [9.17, 15) is 14.7 Å². The maximum absolute atomic E-state index is 13.8. The van der Waals surface area contributed by atoms with Crippen LogP contribution in [0.25, 0.3) is 0 Å². The monoisotopic (exact) mass is 484 g/mol. The highest BCUT2D eigenvalue weighted by atomic mass is 35.5. The molecule has 0 bridgehead atoms. The number of thiazole rings is 1. The SMILES string of the molecule is COc1ccc(C2(C(=O)N(CCCc3cccc(Cl)c3)Cc3nc(C(=O)O)cs3)CC2)cc1. The molecule has 1 amide bonds. The molecule has 1 saturated carbocycles. The Kier molecular flexibility index (Phi) is 7.00. The molecule has 0 atom stereocenters. The van der Waals surface area contributed by atoms with Crippen molar-refractivity contribution in [2.45, 2.75) is 37.6 Å². The van der Waals surface area contributed by atoms with Crippen LogP contribution in [0, 0.1) is 0 Å². The molecule has 172 valence electrons. The predicted octanol–water partition coefficient (Wildman–Crippen LogP) is 5.20. The van der Waals surface area contributed by atoms with Gasteiger partial charge in [-0.05, 0) is 61.1 Å². The van der Waals surface area contributed by atoms with Crippen molar-refractivity contribution in [2.75, 3.05) is 13.7 Å². The third kappa shape index (κ3) is 5.37. The second kappa shape index (κ2) is 9.93. The molecule has 8 heteroatoms. The molecule has 1 aromatic heterocycles. The standard InChI is InChI=1S/C25H25ClN2O4S/c1-32-20-9-7-18(8-10-20)25(11-12-25)24(31)28(15-22-27-21(16-33-22)23(29)30)13-3-5-17-4-2-6-19(26)14-17/h2,4,6-10,14,16H,3,5,11-13,15H2,1H3,(H,29,30). The van der Waals surface area contributed by atoms with Gasteiger partial charge in [-0.15, -0.1) is 11.3 Å². The van der Waals surface area contributed by atoms with Crippen LogP contribution in [-0.4, -0.2) is 40.5 Å². The smallest absolute Gasteiger partial charge is 0.355 e. The number of halogens is 1. The van der Waals surface area contributed by atoms with E-state index < -0.39 is 11.4 Å². The molecule has 1 aliphatic carbocycles. The third-order valence-electron chi connectivity index (χ3n) is 5.97. The number of carbonyl (C=O) groups excluding carboxylic acids is 1. The highest BCUT2D eigenvalue weighted by molar-refractivity contribution is 7.09. The van der Waals surface area contributed by atoms with Crippen molar-refractivity contribution < 1.29 is 19.4 Å². The summed E-state index contributed by atoms with van der Waals surface area (Å²) in [4.78, 5) is 31.0. The van der Waals surface area contributed by atoms with Crippen molar-refractivity contribution in [2.24, 2.45) is 0 Å². The quantitative estimate of drug-likeness (QED) is 0.428. The van der Waals surface area contributed by atoms with Gasteiger partial charge in [0.2, 0.25) is 5.91 Å². The molecule has 0 unspecified atom stereocenters. The van der Waals surface area contributed by atoms with Gasteiger partial charge in [0.15, 0.2) is 5.69 Å². The Labute approximate surface area is 201 Å². The molecule has 0 aliphatic heterocycles. The van der Waals surface area contributed by atoms with Crippen LogP contribution in [0.1, 0.15) is 45.9 Å². The number of ether oxygens (including phenoxy) is 1. The molecule has 4 rings (SSSR count). The summed E-state index contributed by atoms with van der Waals surface area (Å²) >= 11 is 7.37. The summed E-state index contributed by atoms with van der Waals surface area (Å²) < 4.78 is 5.25. The summed E-state index contributed by atoms with van der Waals surface area (Å²) in [5.41, 5.74) is 1.58. The zero-order valence-corrected chi connectivity index (χ0v) is 19.9. The van der Waals surface area contributed by atoms with E-state index in [1.165, 1.54) is 16.7 Å². The minimum absolute atomic E-state index is 0.0117. The molecular weight excluding hydrogens is 460 g/mol. The Hall–Kier alpha value is -2.90. The highest BCUT2D eigenvalue weighted by Gasteiger charge is 2.53. The summed E-state index contributed by atoms with van der Waals surface area (Å²) in [5.74, 6) is -0.247. The fourth-order valence-electron chi connectivity index (χ4n) is 4.03. The number of hydrogen-bond donors (Lipinski definition) is 1. The maximum atomic E-state index is 13.8. The average Bonchev–Trinajstić information content (AvgIpc) is 3.49. The maximum Gasteiger partial charge on any atom is 0.355 e. The lowest BCUT2D eigenvalue weighted by Crippen LogP contribution is -2.39. The van der Waals surface area contributed by atoms with Crippen molar-refractivity contribution in [1.29, 1.82) is 0 Å². The number of methoxy groups -OCH3 is 1. The average molecular weight is 485 g/mol. The summed E-state index contributed by atoms with van der Waals surface area (Å²) in [7, 11) is 1.62. The van der Waals surface area contributed by atoms with Crippen LogP contribution in [-0.2, 0) is 23.2 Å². The van der Waals surface area contributed by atoms with Crippen LogP contribution < -0.4 is 4.74 Å². The van der Waals surface area contributed by atoms with Gasteiger partial charge in [-0.1, -0.05) is 35.9 Å². The first-order chi connectivity index (χ1) is 15.9. The number of amides is 1. The van der Waals surface area contributed by atoms with Gasteiger partial charge in [0.25, 0.3) is 0 Å². The molecule has 1 fully saturated rings. The van der Waals surface area contributed by atoms with Crippen molar-refractivity contribution in [3.8, 4) is 5.75 Å². The molecule has 1 N–H and O–H groups in total. The van der Waals surface area contributed by atoms with Gasteiger partial charge in [-0.3, -0.25) is 4.79 Å². The summed E-state index contributed by atoms with van der Waals surface area (Å²) in [6.07, 6.45) is 3.14. The molecule has 1 aliphatic rings. The predicted molar refractivity (Wildman–Crippen MR) is 128 cm³/mol. The van der Waals surface area contributed by atoms with Gasteiger partial charge >= 0.3 is 5.97 Å². The van der Waals surface area contributed by atoms with E-state index in [1.807, 2.05) is 53.4 Å². The van der Waals surface area contributed by atoms with Gasteiger partial charge in [0.1, 0.15) is 10.8 Å². The lowest BCUT2D eigenvalue weighted by molar-refractivity contribution is -0.134. The number of carboxylic acid groups (broad SMARTS) is 1. The molecular formula is C25H25ClN2O4S. The van der Waals surface area contributed by atoms with Crippen LogP contribution in [0.2, 0.25) is 5.02 Å². The second-order valence-electron chi connectivity index (χ2n) is 8.20. The lowest BCUT2D eigenvalue weighted by atomic mass is 9.94. The Morgan fingerprint density at radius 2 is 1.97 bits per heavy atom. The van der Waals surface area contributed by atoms with Crippen molar-refractivity contribution in [1.82, 2.24) is 9.88 Å². The zero-order chi connectivity index (χ0) is 23.4. The molecule has 0 spiro atoms. The van der Waals surface area contributed by atoms with Crippen molar-refractivity contribution in [3.05, 3.63) is 80.8 Å². The van der Waals surface area contributed by atoms with E-state index in [-0.39, 0.29) is 11.6 Å². The zero-order valence-electron chi connectivity index (χ0n) is 18.3. The van der Waals surface area contributed by atoms with Crippen LogP contribution >= 0.6 is 22.9 Å². The number of carbonyl (C=O) groups is 2. The Balaban J connectivity index is 1.52. The molecule has 2 aromatic carbocycles. The fourth-order valence-corrected chi connectivity index (χ4v) is 5.02. The van der Waals surface area contributed by atoms with Gasteiger partial charge in [-0.25, -0.2) is 9.78 Å². The van der Waals surface area contributed by atoms with Crippen LogP contribution in [0.3, 0.4) is 0 Å². The van der Waals surface area contributed by atoms with Crippen LogP contribution in [0.15, 0.2) is 53.9 Å². The number of aromatic nitrogens is 1. The van der Waals surface area contributed by atoms with E-state index >= 15 is 0 Å². The number of rotatable bonds is 10. The molecule has 33 heavy (non-hydrogen) atoms. The number of carboxylic acids is 1. The third-order valence-corrected chi connectivity index (χ3v) is 7.04. The Morgan fingerprint density at radius 1 is 1.21 bits per heavy atom. The molecule has 0 radical (unpaired) electrons. The molecule has 3 aromatic rings. The summed E-state index contributed by atoms with van der Waals surface area (Å²) in [6, 6.07) is 15.4. The van der Waals surface area contributed by atoms with E-state index in [2.05, 4.69) is 4.98 Å². The first-order valence-corrected chi connectivity index (χ1v) is 12.0. The van der Waals surface area contributed by atoms with Gasteiger partial charge in [0, 0.05) is 16.9 Å². The van der Waals surface area contributed by atoms with Gasteiger partial charge < -0.3 is 14.7 Å². The highest BCUT2D eigenvalue weighted by Crippen LogP contribution is 2.50. The minimum Gasteiger partial charge on any atom is -0.497 e. The normalized spacial score (nSPS) is 14.0. The minimum atomic E-state index is -1.06. The Bertz CT molecular complexity index is 1140. The number of aryl methyl sites for hydroxylation is 1. The number of benzene rings is 2. The van der Waals surface area contributed by atoms with Crippen molar-refractivity contribution in [3.63, 3.8) is 0 Å². The van der Waals surface area contributed by atoms with Crippen LogP contribution in [0.5, 0.6) is 5.75 Å². The van der Waals surface area contributed by atoms with Crippen LogP contribution in [0.4, 0.5) is 0 Å². The molecule has 1 heterocycles. The first-order valence-electron chi connectivity index (χ1n) is 10.8. The van der Waals surface area contributed by atoms with E-state index in [0.717, 1.165) is 42.6 Å². The molecule has 6 nitrogen and oxygen atoms in total. The lowest BCUT2D eigenvalue weighted by Gasteiger charge is -2.27. The first kappa shape index (κ1) is 23.3. The fraction of sp³-hybridized carbons (Fsp3) is 0.320. The second-order valence-corrected chi connectivity index (χ2v) is 9.58. The topological polar surface area (TPSA) is 79.7 Å². The van der Waals surface area contributed by atoms with E-state index in [0.29, 0.717) is 23.1 Å². The molecule has 0 saturated heterocycles. The summed E-state index contributed by atoms with van der Waals surface area (Å²) in [5, 5.41) is 12.0. The summed E-state index contributed by atoms with van der Waals surface area (Å²) in [6.45, 7) is 0.843. The van der Waals surface area contributed by atoms with E-state index in [1.54, 1.807) is 7.11 Å². The number of nitrogens with zero attached hydrogens (tertiary/aromatic N) is 2. The van der Waals surface area contributed by atoms with Crippen molar-refractivity contribution >= 4 is 34.8 Å². The van der Waals surface area contributed by atoms with E-state index in [4.69, 9.17) is 16.3 Å². The number of hydrogen-bond acceptors (Lipinski definition) is 5.